The van der Waals surface area contributed by atoms with Crippen molar-refractivity contribution in [3.05, 3.63) is 87.7 Å². The van der Waals surface area contributed by atoms with Gasteiger partial charge in [0, 0.05) is 100 Å². The van der Waals surface area contributed by atoms with Gasteiger partial charge in [-0.05, 0) is 80.6 Å². The molecule has 4 heterocycles. The van der Waals surface area contributed by atoms with Crippen molar-refractivity contribution in [2.45, 2.75) is 51.1 Å². The number of aldehydes is 1. The molecule has 2 saturated heterocycles. The van der Waals surface area contributed by atoms with E-state index >= 15 is 8.78 Å². The first kappa shape index (κ1) is 40.9. The molecule has 0 bridgehead atoms. The molecule has 2 aliphatic carbocycles. The molecule has 0 radical (unpaired) electrons. The first-order valence-electron chi connectivity index (χ1n) is 20.5. The summed E-state index contributed by atoms with van der Waals surface area (Å²) in [5.41, 5.74) is 0.870. The molecule has 2 spiro atoms. The van der Waals surface area contributed by atoms with E-state index in [4.69, 9.17) is 0 Å². The van der Waals surface area contributed by atoms with Gasteiger partial charge in [-0.2, -0.15) is 5.10 Å². The number of anilines is 3. The molecule has 0 unspecified atom stereocenters. The number of urea groups is 1. The van der Waals surface area contributed by atoms with Crippen LogP contribution in [-0.2, 0) is 11.8 Å². The molecule has 4 fully saturated rings. The molecule has 9 rings (SSSR count). The average molecular weight is 857 g/mol. The highest BCUT2D eigenvalue weighted by Crippen LogP contribution is 2.59. The highest BCUT2D eigenvalue weighted by molar-refractivity contribution is 7.98. The molecule has 2 aliphatic heterocycles. The molecule has 61 heavy (non-hydrogen) atoms. The Kier molecular flexibility index (Phi) is 10.4. The summed E-state index contributed by atoms with van der Waals surface area (Å²) in [6, 6.07) is 9.88. The maximum atomic E-state index is 15.7. The zero-order valence-electron chi connectivity index (χ0n) is 34.4. The fourth-order valence-corrected chi connectivity index (χ4v) is 10.4. The Balaban J connectivity index is 0.805. The number of carbonyl (C=O) groups excluding carboxylic acids is 3. The second-order valence-electron chi connectivity index (χ2n) is 17.3. The Morgan fingerprint density at radius 1 is 0.967 bits per heavy atom. The second kappa shape index (κ2) is 15.5. The fraction of sp³-hybridized carbons (Fsp3) is 0.442. The zero-order valence-corrected chi connectivity index (χ0v) is 35.2. The molecule has 2 saturated carbocycles. The van der Waals surface area contributed by atoms with Crippen molar-refractivity contribution in [1.82, 2.24) is 33.9 Å². The van der Waals surface area contributed by atoms with Crippen LogP contribution in [0.15, 0.2) is 53.6 Å². The molecule has 18 heteroatoms. The summed E-state index contributed by atoms with van der Waals surface area (Å²) in [5.74, 6) is -2.93. The Bertz CT molecular complexity index is 2640. The molecule has 0 atom stereocenters. The van der Waals surface area contributed by atoms with Gasteiger partial charge in [0.05, 0.1) is 39.7 Å². The lowest BCUT2D eigenvalue weighted by Gasteiger charge is -2.67. The number of rotatable bonds is 13. The SMILES string of the molecule is CCN(C)SNc1ccc(F)c(C(=O)c2ccc3ncn(C4CC5(C4)CN(C4CC6(C4)CN(c4cc7c(cc4F)c(N(CCC=O)C(=O)NC)nn7C)C6)C5)c(=O)c3c2)c1F. The first-order valence-corrected chi connectivity index (χ1v) is 21.3. The van der Waals surface area contributed by atoms with Gasteiger partial charge in [-0.15, -0.1) is 0 Å². The lowest BCUT2D eigenvalue weighted by Crippen LogP contribution is -2.72. The molecule has 320 valence electrons. The van der Waals surface area contributed by atoms with Crippen molar-refractivity contribution >= 4 is 69.2 Å². The minimum Gasteiger partial charge on any atom is -0.368 e. The zero-order chi connectivity index (χ0) is 43.0. The third kappa shape index (κ3) is 7.01. The summed E-state index contributed by atoms with van der Waals surface area (Å²) in [6.45, 7) is 6.15. The van der Waals surface area contributed by atoms with E-state index in [0.29, 0.717) is 40.5 Å². The number of aryl methyl sites for hydroxylation is 1. The van der Waals surface area contributed by atoms with Gasteiger partial charge in [0.25, 0.3) is 5.56 Å². The van der Waals surface area contributed by atoms with Crippen LogP contribution in [0.25, 0.3) is 21.8 Å². The van der Waals surface area contributed by atoms with Crippen LogP contribution in [-0.4, -0.2) is 106 Å². The van der Waals surface area contributed by atoms with Crippen molar-refractivity contribution in [2.75, 3.05) is 67.9 Å². The van der Waals surface area contributed by atoms with Crippen molar-refractivity contribution in [1.29, 1.82) is 0 Å². The van der Waals surface area contributed by atoms with Gasteiger partial charge in [0.1, 0.15) is 17.9 Å². The first-order chi connectivity index (χ1) is 29.3. The second-order valence-corrected chi connectivity index (χ2v) is 18.3. The van der Waals surface area contributed by atoms with Gasteiger partial charge >= 0.3 is 6.03 Å². The minimum atomic E-state index is -1.00. The van der Waals surface area contributed by atoms with E-state index < -0.39 is 29.0 Å². The summed E-state index contributed by atoms with van der Waals surface area (Å²) < 4.78 is 54.0. The van der Waals surface area contributed by atoms with E-state index in [9.17, 15) is 23.6 Å². The van der Waals surface area contributed by atoms with Gasteiger partial charge in [-0.1, -0.05) is 6.92 Å². The summed E-state index contributed by atoms with van der Waals surface area (Å²) in [4.78, 5) is 61.4. The number of aromatic nitrogens is 4. The summed E-state index contributed by atoms with van der Waals surface area (Å²) >= 11 is 1.13. The van der Waals surface area contributed by atoms with Crippen LogP contribution in [0, 0.1) is 28.3 Å². The molecular weight excluding hydrogens is 810 g/mol. The van der Waals surface area contributed by atoms with Gasteiger partial charge in [-0.3, -0.25) is 28.6 Å². The van der Waals surface area contributed by atoms with Gasteiger partial charge in [-0.25, -0.2) is 27.3 Å². The summed E-state index contributed by atoms with van der Waals surface area (Å²) in [7, 11) is 5.06. The molecule has 4 aliphatic rings. The Morgan fingerprint density at radius 2 is 1.69 bits per heavy atom. The van der Waals surface area contributed by atoms with Crippen LogP contribution in [0.5, 0.6) is 0 Å². The standard InChI is InChI=1S/C43H47F3N10O4S/c1-5-51(3)61-50-33-10-8-30(44)36(37(33)46)38(58)25-7-9-32-28(13-25)40(59)56(24-48-32)27-18-43(19-27)20-53(21-43)26-16-42(17-26)22-54(23-42)35-15-34-29(14-31(35)45)39(49-52(34)4)55(11-6-12-57)41(60)47-2/h7-10,12-15,24,26-27,50H,5-6,11,16-23H2,1-4H3,(H,47,60). The number of nitrogens with one attached hydrogen (secondary N) is 2. The third-order valence-electron chi connectivity index (χ3n) is 13.3. The van der Waals surface area contributed by atoms with E-state index in [1.807, 2.05) is 11.2 Å². The topological polar surface area (TPSA) is 141 Å². The number of nitrogens with zero attached hydrogens (tertiary/aromatic N) is 8. The monoisotopic (exact) mass is 856 g/mol. The van der Waals surface area contributed by atoms with E-state index in [2.05, 4.69) is 29.9 Å². The van der Waals surface area contributed by atoms with E-state index in [0.717, 1.165) is 76.3 Å². The summed E-state index contributed by atoms with van der Waals surface area (Å²) in [6.07, 6.45) is 6.16. The van der Waals surface area contributed by atoms with Gasteiger partial charge in [0.15, 0.2) is 17.4 Å². The highest BCUT2D eigenvalue weighted by Gasteiger charge is 2.60. The van der Waals surface area contributed by atoms with Crippen LogP contribution in [0.2, 0.25) is 0 Å². The molecular formula is C43H47F3N10O4S. The third-order valence-corrected chi connectivity index (χ3v) is 14.1. The average Bonchev–Trinajstić information content (AvgIpc) is 3.50. The number of fused-ring (bicyclic) bond motifs is 2. The largest absolute Gasteiger partial charge is 0.368 e. The summed E-state index contributed by atoms with van der Waals surface area (Å²) in [5, 5.41) is 7.81. The normalized spacial score (nSPS) is 19.1. The van der Waals surface area contributed by atoms with Crippen LogP contribution in [0.3, 0.4) is 0 Å². The molecule has 3 aromatic carbocycles. The van der Waals surface area contributed by atoms with Crippen molar-refractivity contribution < 1.29 is 27.6 Å². The predicted octanol–water partition coefficient (Wildman–Crippen LogP) is 5.90. The number of carbonyl (C=O) groups is 3. The number of benzene rings is 3. The molecule has 2 amide bonds. The molecule has 14 nitrogen and oxygen atoms in total. The molecule has 5 aromatic rings. The van der Waals surface area contributed by atoms with E-state index in [1.165, 1.54) is 42.3 Å². The Morgan fingerprint density at radius 3 is 2.39 bits per heavy atom. The van der Waals surface area contributed by atoms with Crippen molar-refractivity contribution in [2.24, 2.45) is 17.9 Å². The van der Waals surface area contributed by atoms with Gasteiger partial charge < -0.3 is 19.7 Å². The van der Waals surface area contributed by atoms with Crippen LogP contribution < -0.4 is 25.4 Å². The number of amides is 2. The van der Waals surface area contributed by atoms with E-state index in [-0.39, 0.29) is 57.9 Å². The fourth-order valence-electron chi connectivity index (χ4n) is 9.88. The Hall–Kier alpha value is -5.46. The number of hydrogen-bond acceptors (Lipinski definition) is 11. The van der Waals surface area contributed by atoms with Crippen molar-refractivity contribution in [3.8, 4) is 0 Å². The molecule has 2 aromatic heterocycles. The lowest BCUT2D eigenvalue weighted by molar-refractivity contribution is -0.148. The smallest absolute Gasteiger partial charge is 0.322 e. The predicted molar refractivity (Wildman–Crippen MR) is 228 cm³/mol. The van der Waals surface area contributed by atoms with Crippen LogP contribution in [0.4, 0.5) is 35.2 Å². The quantitative estimate of drug-likeness (QED) is 0.0832. The maximum absolute atomic E-state index is 15.7. The number of ketones is 1. The van der Waals surface area contributed by atoms with E-state index in [1.54, 1.807) is 35.7 Å². The van der Waals surface area contributed by atoms with Crippen LogP contribution >= 0.6 is 12.1 Å². The maximum Gasteiger partial charge on any atom is 0.322 e. The van der Waals surface area contributed by atoms with Crippen LogP contribution in [0.1, 0.15) is 61.0 Å². The lowest BCUT2D eigenvalue weighted by atomic mass is 9.55. The number of hydrogen-bond donors (Lipinski definition) is 2. The van der Waals surface area contributed by atoms with Gasteiger partial charge in [0.2, 0.25) is 0 Å². The molecule has 2 N–H and O–H groups in total. The highest BCUT2D eigenvalue weighted by atomic mass is 32.2. The minimum absolute atomic E-state index is 0.00245. The number of halogens is 3. The Labute approximate surface area is 354 Å². The number of likely N-dealkylation sites (tertiary alicyclic amines) is 1. The van der Waals surface area contributed by atoms with Crippen molar-refractivity contribution in [3.63, 3.8) is 0 Å².